The second-order valence-corrected chi connectivity index (χ2v) is 7.87. The Morgan fingerprint density at radius 1 is 0.867 bits per heavy atom. The Balaban J connectivity index is 1.73. The summed E-state index contributed by atoms with van der Waals surface area (Å²) >= 11 is 0. The van der Waals surface area contributed by atoms with Crippen LogP contribution in [0.4, 0.5) is 5.69 Å². The molecule has 0 saturated heterocycles. The van der Waals surface area contributed by atoms with Crippen molar-refractivity contribution in [3.05, 3.63) is 84.6 Å². The fraction of sp³-hybridized carbons (Fsp3) is 0. The van der Waals surface area contributed by atoms with Crippen LogP contribution in [-0.2, 0) is 10.0 Å². The number of nitrogens with two attached hydrogens (primary N) is 1. The van der Waals surface area contributed by atoms with Crippen LogP contribution < -0.4 is 15.2 Å². The Labute approximate surface area is 172 Å². The molecule has 0 unspecified atom stereocenters. The predicted molar refractivity (Wildman–Crippen MR) is 112 cm³/mol. The van der Waals surface area contributed by atoms with Crippen LogP contribution in [0, 0.1) is 0 Å². The molecule has 0 aliphatic carbocycles. The molecule has 1 amide bonds. The zero-order chi connectivity index (χ0) is 21.1. The highest BCUT2D eigenvalue weighted by molar-refractivity contribution is 7.89. The van der Waals surface area contributed by atoms with Crippen molar-refractivity contribution < 1.29 is 17.9 Å². The van der Waals surface area contributed by atoms with Crippen LogP contribution >= 0.6 is 0 Å². The van der Waals surface area contributed by atoms with E-state index in [0.29, 0.717) is 16.8 Å². The van der Waals surface area contributed by atoms with Crippen LogP contribution in [0.15, 0.2) is 83.8 Å². The molecule has 1 heterocycles. The van der Waals surface area contributed by atoms with E-state index in [0.717, 1.165) is 0 Å². The van der Waals surface area contributed by atoms with Gasteiger partial charge >= 0.3 is 0 Å². The fourth-order valence-corrected chi connectivity index (χ4v) is 3.30. The molecule has 1 aromatic heterocycles. The van der Waals surface area contributed by atoms with Crippen molar-refractivity contribution >= 4 is 32.7 Å². The number of benzene rings is 3. The Morgan fingerprint density at radius 2 is 1.53 bits per heavy atom. The van der Waals surface area contributed by atoms with E-state index < -0.39 is 15.9 Å². The van der Waals surface area contributed by atoms with Gasteiger partial charge < -0.3 is 10.1 Å². The van der Waals surface area contributed by atoms with Gasteiger partial charge in [-0.1, -0.05) is 36.4 Å². The first-order valence-electron chi connectivity index (χ1n) is 8.84. The Hall–Kier alpha value is -3.82. The molecule has 4 rings (SSSR count). The van der Waals surface area contributed by atoms with Crippen molar-refractivity contribution in [3.8, 4) is 11.6 Å². The average Bonchev–Trinajstić information content (AvgIpc) is 2.73. The zero-order valence-corrected chi connectivity index (χ0v) is 16.3. The lowest BCUT2D eigenvalue weighted by molar-refractivity contribution is 0.101. The number of aromatic nitrogens is 2. The molecule has 8 nitrogen and oxygen atoms in total. The van der Waals surface area contributed by atoms with Crippen LogP contribution in [0.5, 0.6) is 11.6 Å². The van der Waals surface area contributed by atoms with Crippen LogP contribution in [0.25, 0.3) is 11.0 Å². The summed E-state index contributed by atoms with van der Waals surface area (Å²) in [7, 11) is -3.91. The summed E-state index contributed by atoms with van der Waals surface area (Å²) < 4.78 is 28.9. The van der Waals surface area contributed by atoms with E-state index in [1.54, 1.807) is 48.5 Å². The van der Waals surface area contributed by atoms with Gasteiger partial charge in [-0.05, 0) is 42.5 Å². The molecular formula is C21H16N4O4S. The summed E-state index contributed by atoms with van der Waals surface area (Å²) in [5, 5.41) is 7.78. The van der Waals surface area contributed by atoms with E-state index >= 15 is 0 Å². The molecule has 0 aliphatic rings. The lowest BCUT2D eigenvalue weighted by Gasteiger charge is -2.11. The Morgan fingerprint density at radius 3 is 2.23 bits per heavy atom. The van der Waals surface area contributed by atoms with Gasteiger partial charge in [-0.15, -0.1) is 0 Å². The highest BCUT2D eigenvalue weighted by atomic mass is 32.2. The molecular weight excluding hydrogens is 404 g/mol. The number of nitrogens with one attached hydrogen (secondary N) is 1. The largest absolute Gasteiger partial charge is 0.437 e. The van der Waals surface area contributed by atoms with E-state index in [4.69, 9.17) is 9.88 Å². The molecule has 0 atom stereocenters. The number of hydrogen-bond acceptors (Lipinski definition) is 6. The third-order valence-electron chi connectivity index (χ3n) is 4.13. The first-order chi connectivity index (χ1) is 14.4. The maximum absolute atomic E-state index is 13.0. The number of primary sulfonamides is 1. The van der Waals surface area contributed by atoms with Gasteiger partial charge in [-0.25, -0.2) is 23.5 Å². The topological polar surface area (TPSA) is 124 Å². The van der Waals surface area contributed by atoms with Crippen molar-refractivity contribution in [2.45, 2.75) is 4.90 Å². The van der Waals surface area contributed by atoms with Gasteiger partial charge in [0.1, 0.15) is 5.75 Å². The quantitative estimate of drug-likeness (QED) is 0.510. The molecule has 0 aliphatic heterocycles. The molecule has 4 aromatic rings. The molecule has 30 heavy (non-hydrogen) atoms. The van der Waals surface area contributed by atoms with E-state index in [2.05, 4.69) is 15.3 Å². The minimum absolute atomic E-state index is 0.0278. The summed E-state index contributed by atoms with van der Waals surface area (Å²) in [6, 6.07) is 21.6. The molecule has 3 aromatic carbocycles. The van der Waals surface area contributed by atoms with E-state index in [9.17, 15) is 13.2 Å². The lowest BCUT2D eigenvalue weighted by atomic mass is 10.2. The first kappa shape index (κ1) is 19.5. The third-order valence-corrected chi connectivity index (χ3v) is 5.04. The average molecular weight is 420 g/mol. The van der Waals surface area contributed by atoms with Crippen molar-refractivity contribution in [3.63, 3.8) is 0 Å². The smallest absolute Gasteiger partial charge is 0.279 e. The molecule has 0 radical (unpaired) electrons. The number of ether oxygens (including phenoxy) is 1. The molecule has 9 heteroatoms. The number of sulfonamides is 1. The van der Waals surface area contributed by atoms with Crippen molar-refractivity contribution in [2.24, 2.45) is 5.14 Å². The summed E-state index contributed by atoms with van der Waals surface area (Å²) in [6.07, 6.45) is 0. The fourth-order valence-electron chi connectivity index (χ4n) is 2.74. The van der Waals surface area contributed by atoms with E-state index in [1.807, 2.05) is 12.1 Å². The normalized spacial score (nSPS) is 11.2. The number of anilines is 1. The van der Waals surface area contributed by atoms with Gasteiger partial charge in [0.25, 0.3) is 11.8 Å². The van der Waals surface area contributed by atoms with E-state index in [1.165, 1.54) is 18.2 Å². The number of para-hydroxylation sites is 3. The monoisotopic (exact) mass is 420 g/mol. The standard InChI is InChI=1S/C21H16N4O4S/c22-30(27,28)16-10-6-7-14(13-16)23-20(26)19-21(29-15-8-2-1-3-9-15)25-18-12-5-4-11-17(18)24-19/h1-13H,(H,23,26)(H2,22,27,28). The maximum Gasteiger partial charge on any atom is 0.279 e. The first-order valence-corrected chi connectivity index (χ1v) is 10.4. The molecule has 0 fully saturated rings. The lowest BCUT2D eigenvalue weighted by Crippen LogP contribution is -2.17. The molecule has 0 spiro atoms. The number of carbonyl (C=O) groups is 1. The second kappa shape index (κ2) is 7.90. The highest BCUT2D eigenvalue weighted by Crippen LogP contribution is 2.26. The van der Waals surface area contributed by atoms with Crippen LogP contribution in [0.2, 0.25) is 0 Å². The number of carbonyl (C=O) groups excluding carboxylic acids is 1. The summed E-state index contributed by atoms with van der Waals surface area (Å²) in [5.74, 6) is -0.0851. The van der Waals surface area contributed by atoms with Gasteiger partial charge in [0.15, 0.2) is 5.69 Å². The minimum Gasteiger partial charge on any atom is -0.437 e. The molecule has 150 valence electrons. The van der Waals surface area contributed by atoms with Crippen molar-refractivity contribution in [2.75, 3.05) is 5.32 Å². The van der Waals surface area contributed by atoms with E-state index in [-0.39, 0.29) is 22.2 Å². The minimum atomic E-state index is -3.91. The van der Waals surface area contributed by atoms with Gasteiger partial charge in [0.05, 0.1) is 15.9 Å². The SMILES string of the molecule is NS(=O)(=O)c1cccc(NC(=O)c2nc3ccccc3nc2Oc2ccccc2)c1. The molecule has 0 bridgehead atoms. The molecule has 0 saturated carbocycles. The number of hydrogen-bond donors (Lipinski definition) is 2. The maximum atomic E-state index is 13.0. The van der Waals surface area contributed by atoms with Crippen LogP contribution in [-0.4, -0.2) is 24.3 Å². The Bertz CT molecular complexity index is 1340. The van der Waals surface area contributed by atoms with Crippen LogP contribution in [0.3, 0.4) is 0 Å². The second-order valence-electron chi connectivity index (χ2n) is 6.31. The van der Waals surface area contributed by atoms with Crippen molar-refractivity contribution in [1.29, 1.82) is 0 Å². The van der Waals surface area contributed by atoms with Gasteiger partial charge in [0, 0.05) is 5.69 Å². The van der Waals surface area contributed by atoms with Crippen LogP contribution in [0.1, 0.15) is 10.5 Å². The third kappa shape index (κ3) is 4.27. The zero-order valence-electron chi connectivity index (χ0n) is 15.5. The van der Waals surface area contributed by atoms with Gasteiger partial charge in [-0.2, -0.15) is 0 Å². The van der Waals surface area contributed by atoms with Gasteiger partial charge in [-0.3, -0.25) is 4.79 Å². The number of fused-ring (bicyclic) bond motifs is 1. The summed E-state index contributed by atoms with van der Waals surface area (Å²) in [5.41, 5.74) is 1.28. The number of rotatable bonds is 5. The molecule has 3 N–H and O–H groups in total. The predicted octanol–water partition coefficient (Wildman–Crippen LogP) is 3.32. The summed E-state index contributed by atoms with van der Waals surface area (Å²) in [6.45, 7) is 0. The Kier molecular flexibility index (Phi) is 5.13. The number of amides is 1. The van der Waals surface area contributed by atoms with Gasteiger partial charge in [0.2, 0.25) is 10.0 Å². The van der Waals surface area contributed by atoms with Crippen molar-refractivity contribution in [1.82, 2.24) is 9.97 Å². The number of nitrogens with zero attached hydrogens (tertiary/aromatic N) is 2. The highest BCUT2D eigenvalue weighted by Gasteiger charge is 2.19. The summed E-state index contributed by atoms with van der Waals surface area (Å²) in [4.78, 5) is 21.7.